The van der Waals surface area contributed by atoms with Crippen molar-refractivity contribution < 1.29 is 28.5 Å². The van der Waals surface area contributed by atoms with E-state index in [1.165, 1.54) is 0 Å². The third kappa shape index (κ3) is 8.68. The average molecular weight is 446 g/mol. The molecule has 0 spiro atoms. The molecule has 0 saturated carbocycles. The molecular weight excluding hydrogens is 415 g/mol. The van der Waals surface area contributed by atoms with Gasteiger partial charge in [0.25, 0.3) is 0 Å². The van der Waals surface area contributed by atoms with Crippen LogP contribution in [-0.4, -0.2) is 42.4 Å². The molecular formula is C24H31O6P. The van der Waals surface area contributed by atoms with Crippen molar-refractivity contribution in [1.82, 2.24) is 0 Å². The lowest BCUT2D eigenvalue weighted by Crippen LogP contribution is -2.28. The monoisotopic (exact) mass is 446 g/mol. The van der Waals surface area contributed by atoms with Gasteiger partial charge in [-0.25, -0.2) is 0 Å². The van der Waals surface area contributed by atoms with Gasteiger partial charge < -0.3 is 14.4 Å². The summed E-state index contributed by atoms with van der Waals surface area (Å²) in [5, 5.41) is 0. The number of carbonyl (C=O) groups is 2. The number of carbonyl (C=O) groups excluding carboxylic acids is 2. The van der Waals surface area contributed by atoms with Crippen LogP contribution in [-0.2, 0) is 36.5 Å². The highest BCUT2D eigenvalue weighted by atomic mass is 31.2. The van der Waals surface area contributed by atoms with Crippen molar-refractivity contribution in [2.75, 3.05) is 25.5 Å². The average Bonchev–Trinajstić information content (AvgIpc) is 2.74. The van der Waals surface area contributed by atoms with Gasteiger partial charge in [0, 0.05) is 12.3 Å². The Morgan fingerprint density at radius 2 is 1.13 bits per heavy atom. The van der Waals surface area contributed by atoms with E-state index in [0.29, 0.717) is 12.8 Å². The lowest BCUT2D eigenvalue weighted by atomic mass is 10.0. The van der Waals surface area contributed by atoms with Gasteiger partial charge in [0.2, 0.25) is 7.37 Å². The summed E-state index contributed by atoms with van der Waals surface area (Å²) in [4.78, 5) is 35.8. The summed E-state index contributed by atoms with van der Waals surface area (Å²) in [5.41, 5.74) is 1.76. The number of benzene rings is 2. The zero-order valence-corrected chi connectivity index (χ0v) is 19.0. The van der Waals surface area contributed by atoms with Crippen LogP contribution in [0.5, 0.6) is 0 Å². The molecule has 0 saturated heterocycles. The number of hydrogen-bond donors (Lipinski definition) is 1. The minimum absolute atomic E-state index is 0.194. The van der Waals surface area contributed by atoms with Crippen LogP contribution in [0, 0.1) is 11.8 Å². The summed E-state index contributed by atoms with van der Waals surface area (Å²) in [6, 6.07) is 18.6. The highest BCUT2D eigenvalue weighted by molar-refractivity contribution is 7.58. The summed E-state index contributed by atoms with van der Waals surface area (Å²) < 4.78 is 23.5. The maximum Gasteiger partial charge on any atom is 0.309 e. The second-order valence-corrected chi connectivity index (χ2v) is 9.91. The van der Waals surface area contributed by atoms with Gasteiger partial charge >= 0.3 is 11.9 Å². The normalized spacial score (nSPS) is 14.8. The van der Waals surface area contributed by atoms with Gasteiger partial charge in [-0.1, -0.05) is 60.7 Å². The first-order valence-electron chi connectivity index (χ1n) is 10.6. The van der Waals surface area contributed by atoms with Gasteiger partial charge in [0.1, 0.15) is 0 Å². The maximum atomic E-state index is 13.2. The Morgan fingerprint density at radius 1 is 0.774 bits per heavy atom. The largest absolute Gasteiger partial charge is 0.466 e. The number of hydrogen-bond acceptors (Lipinski definition) is 5. The van der Waals surface area contributed by atoms with Crippen LogP contribution in [0.15, 0.2) is 60.7 Å². The fraction of sp³-hybridized carbons (Fsp3) is 0.417. The van der Waals surface area contributed by atoms with Crippen LogP contribution in [0.3, 0.4) is 0 Å². The molecule has 2 unspecified atom stereocenters. The molecule has 0 aliphatic heterocycles. The molecule has 0 amide bonds. The van der Waals surface area contributed by atoms with Crippen LogP contribution < -0.4 is 0 Å². The van der Waals surface area contributed by atoms with E-state index in [2.05, 4.69) is 0 Å². The summed E-state index contributed by atoms with van der Waals surface area (Å²) in [5.74, 6) is -2.54. The Kier molecular flexibility index (Phi) is 9.96. The molecule has 0 radical (unpaired) electrons. The van der Waals surface area contributed by atoms with Crippen molar-refractivity contribution in [1.29, 1.82) is 0 Å². The van der Waals surface area contributed by atoms with Crippen LogP contribution in [0.4, 0.5) is 0 Å². The van der Waals surface area contributed by atoms with Crippen LogP contribution in [0.25, 0.3) is 0 Å². The molecule has 0 aliphatic carbocycles. The van der Waals surface area contributed by atoms with Crippen molar-refractivity contribution in [3.05, 3.63) is 71.8 Å². The summed E-state index contributed by atoms with van der Waals surface area (Å²) in [6.45, 7) is 3.79. The minimum atomic E-state index is -3.84. The molecule has 7 heteroatoms. The van der Waals surface area contributed by atoms with Crippen LogP contribution >= 0.6 is 7.37 Å². The van der Waals surface area contributed by atoms with E-state index in [1.807, 2.05) is 60.7 Å². The summed E-state index contributed by atoms with van der Waals surface area (Å²) in [6.07, 6.45) is 0.108. The predicted molar refractivity (Wildman–Crippen MR) is 120 cm³/mol. The lowest BCUT2D eigenvalue weighted by Gasteiger charge is -2.23. The Morgan fingerprint density at radius 3 is 1.45 bits per heavy atom. The van der Waals surface area contributed by atoms with Crippen molar-refractivity contribution >= 4 is 19.3 Å². The van der Waals surface area contributed by atoms with Crippen LogP contribution in [0.2, 0.25) is 0 Å². The van der Waals surface area contributed by atoms with E-state index >= 15 is 0 Å². The first-order valence-corrected chi connectivity index (χ1v) is 12.6. The predicted octanol–water partition coefficient (Wildman–Crippen LogP) is 4.10. The fourth-order valence-electron chi connectivity index (χ4n) is 3.53. The van der Waals surface area contributed by atoms with Crippen LogP contribution in [0.1, 0.15) is 25.0 Å². The van der Waals surface area contributed by atoms with Gasteiger partial charge in [0.15, 0.2) is 0 Å². The molecule has 31 heavy (non-hydrogen) atoms. The molecule has 0 fully saturated rings. The lowest BCUT2D eigenvalue weighted by molar-refractivity contribution is -0.147. The smallest absolute Gasteiger partial charge is 0.309 e. The highest BCUT2D eigenvalue weighted by Gasteiger charge is 2.35. The Hall–Kier alpha value is -2.43. The van der Waals surface area contributed by atoms with Crippen molar-refractivity contribution in [2.24, 2.45) is 11.8 Å². The third-order valence-electron chi connectivity index (χ3n) is 4.90. The molecule has 168 valence electrons. The molecule has 0 aromatic heterocycles. The van der Waals surface area contributed by atoms with E-state index in [4.69, 9.17) is 9.47 Å². The number of rotatable bonds is 12. The first kappa shape index (κ1) is 24.8. The molecule has 2 aromatic carbocycles. The quantitative estimate of drug-likeness (QED) is 0.390. The van der Waals surface area contributed by atoms with Gasteiger partial charge in [-0.15, -0.1) is 0 Å². The molecule has 0 heterocycles. The van der Waals surface area contributed by atoms with Gasteiger partial charge in [-0.05, 0) is 37.8 Å². The van der Waals surface area contributed by atoms with E-state index < -0.39 is 31.1 Å². The fourth-order valence-corrected chi connectivity index (χ4v) is 5.61. The highest BCUT2D eigenvalue weighted by Crippen LogP contribution is 2.46. The molecule has 1 N–H and O–H groups in total. The Balaban J connectivity index is 2.17. The van der Waals surface area contributed by atoms with E-state index in [0.717, 1.165) is 11.1 Å². The number of ether oxygens (including phenoxy) is 2. The molecule has 2 aromatic rings. The second-order valence-electron chi connectivity index (χ2n) is 7.49. The van der Waals surface area contributed by atoms with Crippen molar-refractivity contribution in [3.8, 4) is 0 Å². The summed E-state index contributed by atoms with van der Waals surface area (Å²) in [7, 11) is -3.84. The minimum Gasteiger partial charge on any atom is -0.466 e. The standard InChI is InChI=1S/C24H31O6P/c1-3-29-23(25)21(15-19-11-7-5-8-12-19)17-31(27,28)18-22(24(26)30-4-2)16-20-13-9-6-10-14-20/h5-14,21-22H,3-4,15-18H2,1-2H3,(H,27,28). The Bertz CT molecular complexity index is 799. The first-order chi connectivity index (χ1) is 14.8. The third-order valence-corrected chi connectivity index (χ3v) is 6.92. The maximum absolute atomic E-state index is 13.2. The SMILES string of the molecule is CCOC(=O)C(Cc1ccccc1)CP(=O)(O)CC(Cc1ccccc1)C(=O)OCC. The molecule has 0 aliphatic rings. The zero-order chi connectivity index (χ0) is 22.7. The van der Waals surface area contributed by atoms with E-state index in [-0.39, 0.29) is 25.5 Å². The number of esters is 2. The molecule has 6 nitrogen and oxygen atoms in total. The Labute approximate surface area is 184 Å². The van der Waals surface area contributed by atoms with Crippen molar-refractivity contribution in [2.45, 2.75) is 26.7 Å². The topological polar surface area (TPSA) is 89.9 Å². The summed E-state index contributed by atoms with van der Waals surface area (Å²) >= 11 is 0. The van der Waals surface area contributed by atoms with Gasteiger partial charge in [-0.3, -0.25) is 14.2 Å². The van der Waals surface area contributed by atoms with Gasteiger partial charge in [0.05, 0.1) is 25.0 Å². The molecule has 2 rings (SSSR count). The molecule has 2 atom stereocenters. The van der Waals surface area contributed by atoms with Gasteiger partial charge in [-0.2, -0.15) is 0 Å². The van der Waals surface area contributed by atoms with Crippen molar-refractivity contribution in [3.63, 3.8) is 0 Å². The zero-order valence-electron chi connectivity index (χ0n) is 18.1. The molecule has 0 bridgehead atoms. The second kappa shape index (κ2) is 12.4. The van der Waals surface area contributed by atoms with E-state index in [9.17, 15) is 19.0 Å². The van der Waals surface area contributed by atoms with E-state index in [1.54, 1.807) is 13.8 Å².